The summed E-state index contributed by atoms with van der Waals surface area (Å²) >= 11 is 0. The van der Waals surface area contributed by atoms with Crippen LogP contribution in [0.3, 0.4) is 0 Å². The molecule has 1 aromatic rings. The Bertz CT molecular complexity index is 602. The second-order valence-electron chi connectivity index (χ2n) is 3.74. The summed E-state index contributed by atoms with van der Waals surface area (Å²) < 4.78 is 23.8. The molecular formula is C11H13N3O3S. The molecule has 0 aliphatic carbocycles. The van der Waals surface area contributed by atoms with E-state index in [-0.39, 0.29) is 17.1 Å². The Morgan fingerprint density at radius 3 is 2.72 bits per heavy atom. The van der Waals surface area contributed by atoms with E-state index < -0.39 is 21.5 Å². The fourth-order valence-corrected chi connectivity index (χ4v) is 2.69. The molecule has 0 heterocycles. The molecule has 0 saturated heterocycles. The normalized spacial score (nSPS) is 10.7. The van der Waals surface area contributed by atoms with Gasteiger partial charge in [-0.25, -0.2) is 8.42 Å². The van der Waals surface area contributed by atoms with Gasteiger partial charge in [0, 0.05) is 0 Å². The van der Waals surface area contributed by atoms with Crippen molar-refractivity contribution in [3.05, 3.63) is 23.8 Å². The lowest BCUT2D eigenvalue weighted by atomic mass is 10.2. The maximum atomic E-state index is 11.9. The van der Waals surface area contributed by atoms with Crippen molar-refractivity contribution in [2.75, 3.05) is 18.0 Å². The predicted octanol–water partition coefficient (Wildman–Crippen LogP) is -0.00930. The second-order valence-corrected chi connectivity index (χ2v) is 5.69. The van der Waals surface area contributed by atoms with Gasteiger partial charge in [0.1, 0.15) is 12.3 Å². The molecule has 0 saturated carbocycles. The van der Waals surface area contributed by atoms with Crippen LogP contribution in [0.4, 0.5) is 5.69 Å². The number of anilines is 1. The van der Waals surface area contributed by atoms with Gasteiger partial charge in [0.15, 0.2) is 9.84 Å². The Labute approximate surface area is 105 Å². The van der Waals surface area contributed by atoms with Crippen LogP contribution in [0, 0.1) is 18.3 Å². The number of nitrogens with zero attached hydrogens (tertiary/aromatic N) is 1. The topological polar surface area (TPSA) is 113 Å². The standard InChI is InChI=1S/C11H13N3O3S/c1-8-2-3-10(9(13)6-8)18(16,17)7-11(15)14-5-4-12/h2-3,6H,5,7,13H2,1H3,(H,14,15). The SMILES string of the molecule is Cc1ccc(S(=O)(=O)CC(=O)NCC#N)c(N)c1. The van der Waals surface area contributed by atoms with Crippen molar-refractivity contribution < 1.29 is 13.2 Å². The molecule has 3 N–H and O–H groups in total. The van der Waals surface area contributed by atoms with Crippen LogP contribution in [0.5, 0.6) is 0 Å². The summed E-state index contributed by atoms with van der Waals surface area (Å²) in [5, 5.41) is 10.4. The van der Waals surface area contributed by atoms with Crippen molar-refractivity contribution in [2.24, 2.45) is 0 Å². The van der Waals surface area contributed by atoms with E-state index >= 15 is 0 Å². The van der Waals surface area contributed by atoms with Crippen LogP contribution in [0.15, 0.2) is 23.1 Å². The average Bonchev–Trinajstić information content (AvgIpc) is 2.25. The molecule has 0 spiro atoms. The van der Waals surface area contributed by atoms with Gasteiger partial charge in [0.05, 0.1) is 16.7 Å². The molecule has 6 nitrogen and oxygen atoms in total. The van der Waals surface area contributed by atoms with Crippen molar-refractivity contribution in [3.8, 4) is 6.07 Å². The van der Waals surface area contributed by atoms with Gasteiger partial charge < -0.3 is 11.1 Å². The van der Waals surface area contributed by atoms with Crippen LogP contribution in [-0.2, 0) is 14.6 Å². The Morgan fingerprint density at radius 2 is 2.17 bits per heavy atom. The third kappa shape index (κ3) is 3.46. The number of amides is 1. The van der Waals surface area contributed by atoms with Gasteiger partial charge in [-0.3, -0.25) is 4.79 Å². The summed E-state index contributed by atoms with van der Waals surface area (Å²) in [4.78, 5) is 11.2. The lowest BCUT2D eigenvalue weighted by Crippen LogP contribution is -2.30. The molecule has 0 atom stereocenters. The van der Waals surface area contributed by atoms with Crippen LogP contribution >= 0.6 is 0 Å². The molecule has 7 heteroatoms. The van der Waals surface area contributed by atoms with Crippen molar-refractivity contribution in [3.63, 3.8) is 0 Å². The molecule has 1 aromatic carbocycles. The molecule has 0 bridgehead atoms. The minimum absolute atomic E-state index is 0.0693. The summed E-state index contributed by atoms with van der Waals surface area (Å²) in [6, 6.07) is 6.20. The second kappa shape index (κ2) is 5.51. The van der Waals surface area contributed by atoms with Crippen LogP contribution in [-0.4, -0.2) is 26.6 Å². The molecule has 1 amide bonds. The van der Waals surface area contributed by atoms with Crippen molar-refractivity contribution >= 4 is 21.4 Å². The van der Waals surface area contributed by atoms with Gasteiger partial charge in [-0.1, -0.05) is 6.07 Å². The first kappa shape index (κ1) is 14.0. The van der Waals surface area contributed by atoms with E-state index in [2.05, 4.69) is 5.32 Å². The molecule has 1 rings (SSSR count). The molecule has 0 fully saturated rings. The quantitative estimate of drug-likeness (QED) is 0.588. The first-order valence-corrected chi connectivity index (χ1v) is 6.74. The minimum Gasteiger partial charge on any atom is -0.398 e. The summed E-state index contributed by atoms with van der Waals surface area (Å²) in [5.41, 5.74) is 6.57. The van der Waals surface area contributed by atoms with E-state index in [1.807, 2.05) is 0 Å². The van der Waals surface area contributed by atoms with Gasteiger partial charge in [-0.15, -0.1) is 0 Å². The van der Waals surface area contributed by atoms with Crippen LogP contribution < -0.4 is 11.1 Å². The highest BCUT2D eigenvalue weighted by Gasteiger charge is 2.21. The third-order valence-corrected chi connectivity index (χ3v) is 3.87. The van der Waals surface area contributed by atoms with Crippen molar-refractivity contribution in [2.45, 2.75) is 11.8 Å². The molecule has 18 heavy (non-hydrogen) atoms. The molecule has 0 aliphatic rings. The molecule has 0 unspecified atom stereocenters. The van der Waals surface area contributed by atoms with Crippen molar-refractivity contribution in [1.82, 2.24) is 5.32 Å². The van der Waals surface area contributed by atoms with Gasteiger partial charge in [0.2, 0.25) is 5.91 Å². The van der Waals surface area contributed by atoms with Gasteiger partial charge in [-0.2, -0.15) is 5.26 Å². The molecule has 0 aromatic heterocycles. The zero-order chi connectivity index (χ0) is 13.8. The van der Waals surface area contributed by atoms with E-state index in [9.17, 15) is 13.2 Å². The first-order chi connectivity index (χ1) is 8.36. The van der Waals surface area contributed by atoms with Crippen molar-refractivity contribution in [1.29, 1.82) is 5.26 Å². The zero-order valence-corrected chi connectivity index (χ0v) is 10.6. The fraction of sp³-hybridized carbons (Fsp3) is 0.273. The van der Waals surface area contributed by atoms with E-state index in [0.717, 1.165) is 5.56 Å². The van der Waals surface area contributed by atoms with Crippen LogP contribution in [0.2, 0.25) is 0 Å². The first-order valence-electron chi connectivity index (χ1n) is 5.09. The van der Waals surface area contributed by atoms with E-state index in [4.69, 9.17) is 11.0 Å². The Hall–Kier alpha value is -2.07. The van der Waals surface area contributed by atoms with Crippen LogP contribution in [0.1, 0.15) is 5.56 Å². The zero-order valence-electron chi connectivity index (χ0n) is 9.80. The van der Waals surface area contributed by atoms with E-state index in [0.29, 0.717) is 0 Å². The summed E-state index contributed by atoms with van der Waals surface area (Å²) in [6.45, 7) is 1.56. The Morgan fingerprint density at radius 1 is 1.50 bits per heavy atom. The summed E-state index contributed by atoms with van der Waals surface area (Å²) in [7, 11) is -3.78. The van der Waals surface area contributed by atoms with Crippen LogP contribution in [0.25, 0.3) is 0 Å². The Kier molecular flexibility index (Phi) is 4.28. The van der Waals surface area contributed by atoms with E-state index in [1.165, 1.54) is 12.1 Å². The summed E-state index contributed by atoms with van der Waals surface area (Å²) in [6.07, 6.45) is 0. The predicted molar refractivity (Wildman–Crippen MR) is 66.3 cm³/mol. The lowest BCUT2D eigenvalue weighted by molar-refractivity contribution is -0.118. The number of benzene rings is 1. The van der Waals surface area contributed by atoms with E-state index in [1.54, 1.807) is 19.1 Å². The maximum Gasteiger partial charge on any atom is 0.236 e. The number of sulfone groups is 1. The number of hydrogen-bond acceptors (Lipinski definition) is 5. The third-order valence-electron chi connectivity index (χ3n) is 2.19. The number of nitrogens with one attached hydrogen (secondary N) is 1. The largest absolute Gasteiger partial charge is 0.398 e. The van der Waals surface area contributed by atoms with Gasteiger partial charge in [0.25, 0.3) is 0 Å². The monoisotopic (exact) mass is 267 g/mol. The number of carbonyl (C=O) groups excluding carboxylic acids is 1. The fourth-order valence-electron chi connectivity index (χ4n) is 1.39. The highest BCUT2D eigenvalue weighted by atomic mass is 32.2. The molecule has 96 valence electrons. The average molecular weight is 267 g/mol. The smallest absolute Gasteiger partial charge is 0.236 e. The Balaban J connectivity index is 2.94. The minimum atomic E-state index is -3.78. The number of nitriles is 1. The number of hydrogen-bond donors (Lipinski definition) is 2. The number of rotatable bonds is 4. The molecule has 0 aliphatic heterocycles. The summed E-state index contributed by atoms with van der Waals surface area (Å²) in [5.74, 6) is -1.45. The number of nitrogen functional groups attached to an aromatic ring is 1. The van der Waals surface area contributed by atoms with Gasteiger partial charge >= 0.3 is 0 Å². The highest BCUT2D eigenvalue weighted by Crippen LogP contribution is 2.20. The van der Waals surface area contributed by atoms with Gasteiger partial charge in [-0.05, 0) is 24.6 Å². The molecular weight excluding hydrogens is 254 g/mol. The number of carbonyl (C=O) groups is 1. The molecule has 0 radical (unpaired) electrons. The number of aryl methyl sites for hydroxylation is 1. The lowest BCUT2D eigenvalue weighted by Gasteiger charge is -2.07. The highest BCUT2D eigenvalue weighted by molar-refractivity contribution is 7.92. The number of nitrogens with two attached hydrogens (primary N) is 1. The maximum absolute atomic E-state index is 11.9.